The van der Waals surface area contributed by atoms with Crippen molar-refractivity contribution >= 4 is 29.0 Å². The molecule has 186 valence electrons. The Morgan fingerprint density at radius 2 is 1.97 bits per heavy atom. The number of amides is 3. The lowest BCUT2D eigenvalue weighted by Crippen LogP contribution is -2.44. The molecular formula is C25H31N5O4S. The highest BCUT2D eigenvalue weighted by atomic mass is 32.1. The Hall–Kier alpha value is -3.27. The second-order valence-electron chi connectivity index (χ2n) is 8.99. The van der Waals surface area contributed by atoms with Crippen molar-refractivity contribution in [3.63, 3.8) is 0 Å². The molecule has 9 nitrogen and oxygen atoms in total. The van der Waals surface area contributed by atoms with E-state index in [1.54, 1.807) is 23.6 Å². The maximum Gasteiger partial charge on any atom is 0.317 e. The van der Waals surface area contributed by atoms with Crippen LogP contribution in [0.5, 0.6) is 0 Å². The van der Waals surface area contributed by atoms with Crippen LogP contribution < -0.4 is 10.6 Å². The lowest BCUT2D eigenvalue weighted by molar-refractivity contribution is -0.385. The van der Waals surface area contributed by atoms with Gasteiger partial charge in [0, 0.05) is 49.1 Å². The second-order valence-corrected chi connectivity index (χ2v) is 9.88. The van der Waals surface area contributed by atoms with Crippen LogP contribution in [-0.2, 0) is 6.54 Å². The van der Waals surface area contributed by atoms with Gasteiger partial charge in [-0.25, -0.2) is 9.78 Å². The molecule has 4 rings (SSSR count). The summed E-state index contributed by atoms with van der Waals surface area (Å²) in [4.78, 5) is 42.1. The second kappa shape index (κ2) is 11.9. The number of aromatic nitrogens is 1. The summed E-state index contributed by atoms with van der Waals surface area (Å²) in [7, 11) is 0. The van der Waals surface area contributed by atoms with Crippen molar-refractivity contribution in [2.45, 2.75) is 57.4 Å². The zero-order chi connectivity index (χ0) is 24.6. The summed E-state index contributed by atoms with van der Waals surface area (Å²) in [6, 6.07) is 6.34. The lowest BCUT2D eigenvalue weighted by atomic mass is 9.97. The zero-order valence-electron chi connectivity index (χ0n) is 19.7. The van der Waals surface area contributed by atoms with Gasteiger partial charge in [0.05, 0.1) is 9.93 Å². The number of nitrogens with one attached hydrogen (secondary N) is 2. The van der Waals surface area contributed by atoms with E-state index in [1.807, 2.05) is 4.90 Å². The van der Waals surface area contributed by atoms with Crippen molar-refractivity contribution in [1.29, 1.82) is 0 Å². The van der Waals surface area contributed by atoms with Gasteiger partial charge in [-0.2, -0.15) is 0 Å². The van der Waals surface area contributed by atoms with Gasteiger partial charge in [0.2, 0.25) is 0 Å². The molecule has 1 aliphatic carbocycles. The molecule has 1 fully saturated rings. The highest BCUT2D eigenvalue weighted by Crippen LogP contribution is 2.30. The lowest BCUT2D eigenvalue weighted by Gasteiger charge is -2.31. The van der Waals surface area contributed by atoms with Crippen molar-refractivity contribution in [2.24, 2.45) is 0 Å². The number of benzene rings is 1. The first-order valence-electron chi connectivity index (χ1n) is 12.2. The number of carbonyl (C=O) groups excluding carboxylic acids is 2. The van der Waals surface area contributed by atoms with Crippen molar-refractivity contribution in [3.05, 3.63) is 67.7 Å². The van der Waals surface area contributed by atoms with Crippen LogP contribution >= 0.6 is 11.3 Å². The molecule has 1 aromatic heterocycles. The zero-order valence-corrected chi connectivity index (χ0v) is 20.5. The minimum Gasteiger partial charge on any atom is -0.346 e. The molecule has 0 bridgehead atoms. The average molecular weight is 498 g/mol. The fraction of sp³-hybridized carbons (Fsp3) is 0.480. The molecule has 10 heteroatoms. The molecule has 2 heterocycles. The molecule has 2 N–H and O–H groups in total. The summed E-state index contributed by atoms with van der Waals surface area (Å²) in [5.41, 5.74) is 2.21. The summed E-state index contributed by atoms with van der Waals surface area (Å²) in [6.45, 7) is 2.07. The summed E-state index contributed by atoms with van der Waals surface area (Å²) in [5.74, 6) is -0.135. The fourth-order valence-corrected chi connectivity index (χ4v) is 5.56. The summed E-state index contributed by atoms with van der Waals surface area (Å²) >= 11 is 1.45. The van der Waals surface area contributed by atoms with Gasteiger partial charge in [-0.05, 0) is 44.9 Å². The normalized spacial score (nSPS) is 16.5. The largest absolute Gasteiger partial charge is 0.346 e. The molecule has 0 atom stereocenters. The maximum absolute atomic E-state index is 12.5. The standard InChI is InChI=1S/C25H31N5O4S/c31-23(27-16-20-8-4-5-9-22(20)30(33)34)21-17-35-24(28-21)19-11-14-29(15-12-19)25(32)26-13-10-18-6-2-1-3-7-18/h4-6,8-9,17,19H,1-3,7,10-16H2,(H,26,32)(H,27,31). The van der Waals surface area contributed by atoms with Crippen molar-refractivity contribution < 1.29 is 14.5 Å². The number of nitrogens with zero attached hydrogens (tertiary/aromatic N) is 3. The number of urea groups is 1. The van der Waals surface area contributed by atoms with Gasteiger partial charge in [-0.15, -0.1) is 11.3 Å². The Balaban J connectivity index is 1.22. The van der Waals surface area contributed by atoms with Gasteiger partial charge < -0.3 is 15.5 Å². The molecule has 2 aliphatic rings. The van der Waals surface area contributed by atoms with Crippen LogP contribution in [0.15, 0.2) is 41.3 Å². The van der Waals surface area contributed by atoms with E-state index in [9.17, 15) is 19.7 Å². The molecule has 0 spiro atoms. The third-order valence-electron chi connectivity index (χ3n) is 6.62. The van der Waals surface area contributed by atoms with Gasteiger partial charge in [-0.1, -0.05) is 29.8 Å². The van der Waals surface area contributed by atoms with Crippen LogP contribution in [0.25, 0.3) is 0 Å². The number of rotatable bonds is 8. The number of nitro groups is 1. The minimum atomic E-state index is -0.455. The fourth-order valence-electron chi connectivity index (χ4n) is 4.59. The molecule has 1 aliphatic heterocycles. The average Bonchev–Trinajstić information content (AvgIpc) is 3.38. The van der Waals surface area contributed by atoms with Gasteiger partial charge >= 0.3 is 6.03 Å². The molecule has 0 unspecified atom stereocenters. The Morgan fingerprint density at radius 3 is 2.71 bits per heavy atom. The predicted octanol–water partition coefficient (Wildman–Crippen LogP) is 4.76. The third-order valence-corrected chi connectivity index (χ3v) is 7.63. The van der Waals surface area contributed by atoms with Crippen LogP contribution in [0.1, 0.15) is 71.9 Å². The van der Waals surface area contributed by atoms with Crippen molar-refractivity contribution in [2.75, 3.05) is 19.6 Å². The number of thiazole rings is 1. The first-order chi connectivity index (χ1) is 17.0. The van der Waals surface area contributed by atoms with Gasteiger partial charge in [0.25, 0.3) is 11.6 Å². The number of allylic oxidation sites excluding steroid dienone is 1. The van der Waals surface area contributed by atoms with Gasteiger partial charge in [-0.3, -0.25) is 14.9 Å². The number of nitro benzene ring substituents is 1. The summed E-state index contributed by atoms with van der Waals surface area (Å²) in [5, 5.41) is 19.5. The predicted molar refractivity (Wildman–Crippen MR) is 134 cm³/mol. The first kappa shape index (κ1) is 24.8. The minimum absolute atomic E-state index is 0.00549. The molecule has 0 radical (unpaired) electrons. The molecule has 2 aromatic rings. The van der Waals surface area contributed by atoms with Crippen molar-refractivity contribution in [3.8, 4) is 0 Å². The Bertz CT molecular complexity index is 1090. The maximum atomic E-state index is 12.5. The summed E-state index contributed by atoms with van der Waals surface area (Å²) in [6.07, 6.45) is 9.71. The molecule has 0 saturated carbocycles. The van der Waals surface area contributed by atoms with E-state index in [2.05, 4.69) is 21.7 Å². The molecule has 1 saturated heterocycles. The number of para-hydroxylation sites is 1. The SMILES string of the molecule is O=C(NCc1ccccc1[N+](=O)[O-])c1csc(C2CCN(C(=O)NCCC3=CCCCC3)CC2)n1. The highest BCUT2D eigenvalue weighted by Gasteiger charge is 2.26. The highest BCUT2D eigenvalue weighted by molar-refractivity contribution is 7.09. The van der Waals surface area contributed by atoms with Crippen LogP contribution in [0.2, 0.25) is 0 Å². The van der Waals surface area contributed by atoms with E-state index < -0.39 is 4.92 Å². The quantitative estimate of drug-likeness (QED) is 0.310. The van der Waals surface area contributed by atoms with Gasteiger partial charge in [0.1, 0.15) is 5.69 Å². The van der Waals surface area contributed by atoms with E-state index in [1.165, 1.54) is 35.8 Å². The Morgan fingerprint density at radius 1 is 1.17 bits per heavy atom. The van der Waals surface area contributed by atoms with E-state index in [0.717, 1.165) is 37.1 Å². The number of hydrogen-bond acceptors (Lipinski definition) is 6. The van der Waals surface area contributed by atoms with Crippen LogP contribution in [0.3, 0.4) is 0 Å². The third kappa shape index (κ3) is 6.66. The van der Waals surface area contributed by atoms with E-state index in [0.29, 0.717) is 30.9 Å². The molecule has 35 heavy (non-hydrogen) atoms. The summed E-state index contributed by atoms with van der Waals surface area (Å²) < 4.78 is 0. The number of likely N-dealkylation sites (tertiary alicyclic amines) is 1. The number of carbonyl (C=O) groups is 2. The smallest absolute Gasteiger partial charge is 0.317 e. The van der Waals surface area contributed by atoms with Crippen LogP contribution in [0, 0.1) is 10.1 Å². The van der Waals surface area contributed by atoms with Crippen molar-refractivity contribution in [1.82, 2.24) is 20.5 Å². The monoisotopic (exact) mass is 497 g/mol. The van der Waals surface area contributed by atoms with E-state index in [4.69, 9.17) is 0 Å². The molecular weight excluding hydrogens is 466 g/mol. The van der Waals surface area contributed by atoms with E-state index >= 15 is 0 Å². The van der Waals surface area contributed by atoms with Crippen LogP contribution in [0.4, 0.5) is 10.5 Å². The van der Waals surface area contributed by atoms with E-state index in [-0.39, 0.29) is 30.1 Å². The Kier molecular flexibility index (Phi) is 8.46. The topological polar surface area (TPSA) is 117 Å². The molecule has 1 aromatic carbocycles. The first-order valence-corrected chi connectivity index (χ1v) is 13.1. The van der Waals surface area contributed by atoms with Crippen LogP contribution in [-0.4, -0.2) is 46.4 Å². The Labute approximate surface area is 208 Å². The number of hydrogen-bond donors (Lipinski definition) is 2. The molecule has 3 amide bonds. The van der Waals surface area contributed by atoms with Gasteiger partial charge in [0.15, 0.2) is 0 Å². The number of piperidine rings is 1.